The topological polar surface area (TPSA) is 73.6 Å². The number of methoxy groups -OCH3 is 2. The number of amides is 1. The molecule has 1 aliphatic carbocycles. The first-order chi connectivity index (χ1) is 8.59. The zero-order chi connectivity index (χ0) is 13.4. The second kappa shape index (κ2) is 7.71. The number of hydrogen-bond donors (Lipinski definition) is 2. The third-order valence-electron chi connectivity index (χ3n) is 3.57. The molecule has 0 spiro atoms. The number of nitrogens with one attached hydrogen (secondary N) is 1. The fraction of sp³-hybridized carbons (Fsp3) is 0.923. The van der Waals surface area contributed by atoms with E-state index in [0.29, 0.717) is 19.6 Å². The van der Waals surface area contributed by atoms with E-state index in [4.69, 9.17) is 15.2 Å². The van der Waals surface area contributed by atoms with Crippen molar-refractivity contribution in [3.8, 4) is 0 Å². The first-order valence-electron chi connectivity index (χ1n) is 6.67. The Morgan fingerprint density at radius 1 is 1.33 bits per heavy atom. The van der Waals surface area contributed by atoms with Crippen LogP contribution in [0.2, 0.25) is 0 Å². The predicted molar refractivity (Wildman–Crippen MR) is 70.3 cm³/mol. The van der Waals surface area contributed by atoms with Crippen molar-refractivity contribution in [3.63, 3.8) is 0 Å². The van der Waals surface area contributed by atoms with Gasteiger partial charge >= 0.3 is 0 Å². The van der Waals surface area contributed by atoms with E-state index in [1.807, 2.05) is 0 Å². The van der Waals surface area contributed by atoms with Crippen LogP contribution in [0.4, 0.5) is 0 Å². The first kappa shape index (κ1) is 15.4. The quantitative estimate of drug-likeness (QED) is 0.709. The molecule has 5 nitrogen and oxygen atoms in total. The van der Waals surface area contributed by atoms with E-state index in [9.17, 15) is 4.79 Å². The summed E-state index contributed by atoms with van der Waals surface area (Å²) in [6.07, 6.45) is 5.72. The van der Waals surface area contributed by atoms with Gasteiger partial charge in [-0.25, -0.2) is 0 Å². The Labute approximate surface area is 109 Å². The molecule has 0 aromatic carbocycles. The molecule has 1 atom stereocenters. The molecule has 1 rings (SSSR count). The van der Waals surface area contributed by atoms with Crippen LogP contribution < -0.4 is 11.1 Å². The number of hydrogen-bond acceptors (Lipinski definition) is 4. The van der Waals surface area contributed by atoms with Crippen molar-refractivity contribution >= 4 is 5.91 Å². The minimum Gasteiger partial charge on any atom is -0.382 e. The summed E-state index contributed by atoms with van der Waals surface area (Å²) in [7, 11) is 3.23. The number of rotatable bonds is 7. The van der Waals surface area contributed by atoms with E-state index in [1.54, 1.807) is 14.2 Å². The Morgan fingerprint density at radius 2 is 2.00 bits per heavy atom. The highest BCUT2D eigenvalue weighted by Crippen LogP contribution is 2.28. The molecule has 0 aromatic heterocycles. The van der Waals surface area contributed by atoms with Crippen molar-refractivity contribution < 1.29 is 14.3 Å². The van der Waals surface area contributed by atoms with Gasteiger partial charge in [-0.3, -0.25) is 4.79 Å². The summed E-state index contributed by atoms with van der Waals surface area (Å²) in [5.41, 5.74) is 5.94. The molecular weight excluding hydrogens is 232 g/mol. The van der Waals surface area contributed by atoms with Gasteiger partial charge in [-0.2, -0.15) is 0 Å². The van der Waals surface area contributed by atoms with Crippen molar-refractivity contribution in [2.45, 2.75) is 50.2 Å². The maximum Gasteiger partial charge on any atom is 0.221 e. The van der Waals surface area contributed by atoms with Crippen LogP contribution in [0.1, 0.15) is 38.5 Å². The average molecular weight is 258 g/mol. The molecule has 3 N–H and O–H groups in total. The molecule has 106 valence electrons. The van der Waals surface area contributed by atoms with Crippen molar-refractivity contribution in [3.05, 3.63) is 0 Å². The standard InChI is InChI=1S/C13H26N2O3/c1-17-10-11(18-2)9-15-12(16)8-13(14)6-4-3-5-7-13/h11H,3-10,14H2,1-2H3,(H,15,16). The maximum atomic E-state index is 11.9. The highest BCUT2D eigenvalue weighted by Gasteiger charge is 2.29. The summed E-state index contributed by atoms with van der Waals surface area (Å²) in [4.78, 5) is 11.9. The minimum atomic E-state index is -0.299. The fourth-order valence-electron chi connectivity index (χ4n) is 2.44. The van der Waals surface area contributed by atoms with Crippen LogP contribution in [0.5, 0.6) is 0 Å². The molecule has 0 aliphatic heterocycles. The molecule has 1 aliphatic rings. The Balaban J connectivity index is 2.27. The lowest BCUT2D eigenvalue weighted by Crippen LogP contribution is -2.47. The van der Waals surface area contributed by atoms with Crippen molar-refractivity contribution in [1.82, 2.24) is 5.32 Å². The van der Waals surface area contributed by atoms with E-state index >= 15 is 0 Å². The first-order valence-corrected chi connectivity index (χ1v) is 6.67. The summed E-state index contributed by atoms with van der Waals surface area (Å²) in [6, 6.07) is 0. The summed E-state index contributed by atoms with van der Waals surface area (Å²) < 4.78 is 10.2. The molecule has 0 radical (unpaired) electrons. The van der Waals surface area contributed by atoms with Gasteiger partial charge in [0.15, 0.2) is 0 Å². The Morgan fingerprint density at radius 3 is 2.56 bits per heavy atom. The second-order valence-electron chi connectivity index (χ2n) is 5.22. The zero-order valence-corrected chi connectivity index (χ0v) is 11.5. The van der Waals surface area contributed by atoms with Crippen LogP contribution in [-0.4, -0.2) is 44.9 Å². The molecule has 1 amide bonds. The SMILES string of the molecule is COCC(CNC(=O)CC1(N)CCCCC1)OC. The van der Waals surface area contributed by atoms with Gasteiger partial charge in [0.2, 0.25) is 5.91 Å². The Kier molecular flexibility index (Phi) is 6.60. The molecule has 1 unspecified atom stereocenters. The van der Waals surface area contributed by atoms with Crippen LogP contribution in [0, 0.1) is 0 Å². The third-order valence-corrected chi connectivity index (χ3v) is 3.57. The third kappa shape index (κ3) is 5.33. The monoisotopic (exact) mass is 258 g/mol. The van der Waals surface area contributed by atoms with Gasteiger partial charge in [0.1, 0.15) is 0 Å². The van der Waals surface area contributed by atoms with E-state index in [-0.39, 0.29) is 17.6 Å². The molecule has 18 heavy (non-hydrogen) atoms. The van der Waals surface area contributed by atoms with Crippen molar-refractivity contribution in [2.24, 2.45) is 5.73 Å². The van der Waals surface area contributed by atoms with E-state index < -0.39 is 0 Å². The van der Waals surface area contributed by atoms with Crippen LogP contribution in [0.3, 0.4) is 0 Å². The zero-order valence-electron chi connectivity index (χ0n) is 11.5. The highest BCUT2D eigenvalue weighted by molar-refractivity contribution is 5.77. The van der Waals surface area contributed by atoms with E-state index in [0.717, 1.165) is 25.7 Å². The molecule has 0 saturated heterocycles. The van der Waals surface area contributed by atoms with Crippen LogP contribution >= 0.6 is 0 Å². The molecule has 1 saturated carbocycles. The van der Waals surface area contributed by atoms with Crippen LogP contribution in [-0.2, 0) is 14.3 Å². The van der Waals surface area contributed by atoms with Gasteiger partial charge in [0, 0.05) is 32.7 Å². The van der Waals surface area contributed by atoms with Crippen molar-refractivity contribution in [2.75, 3.05) is 27.4 Å². The smallest absolute Gasteiger partial charge is 0.221 e. The Bertz CT molecular complexity index is 253. The summed E-state index contributed by atoms with van der Waals surface area (Å²) in [5, 5.41) is 2.87. The lowest BCUT2D eigenvalue weighted by atomic mass is 9.80. The highest BCUT2D eigenvalue weighted by atomic mass is 16.5. The van der Waals surface area contributed by atoms with E-state index in [1.165, 1.54) is 6.42 Å². The van der Waals surface area contributed by atoms with Gasteiger partial charge in [0.25, 0.3) is 0 Å². The lowest BCUT2D eigenvalue weighted by molar-refractivity contribution is -0.123. The molecule has 0 bridgehead atoms. The number of ether oxygens (including phenoxy) is 2. The number of nitrogens with two attached hydrogens (primary N) is 1. The number of carbonyl (C=O) groups is 1. The molecule has 0 heterocycles. The lowest BCUT2D eigenvalue weighted by Gasteiger charge is -2.32. The van der Waals surface area contributed by atoms with Crippen LogP contribution in [0.25, 0.3) is 0 Å². The molecule has 0 aromatic rings. The molecule has 5 heteroatoms. The maximum absolute atomic E-state index is 11.9. The fourth-order valence-corrected chi connectivity index (χ4v) is 2.44. The second-order valence-corrected chi connectivity index (χ2v) is 5.22. The van der Waals surface area contributed by atoms with Crippen LogP contribution in [0.15, 0.2) is 0 Å². The van der Waals surface area contributed by atoms with Gasteiger partial charge in [-0.05, 0) is 12.8 Å². The summed E-state index contributed by atoms with van der Waals surface area (Å²) in [6.45, 7) is 0.948. The molecule has 1 fully saturated rings. The van der Waals surface area contributed by atoms with Gasteiger partial charge in [-0.1, -0.05) is 19.3 Å². The summed E-state index contributed by atoms with van der Waals surface area (Å²) in [5.74, 6) is 0.0116. The van der Waals surface area contributed by atoms with Gasteiger partial charge < -0.3 is 20.5 Å². The average Bonchev–Trinajstić information content (AvgIpc) is 2.34. The largest absolute Gasteiger partial charge is 0.382 e. The predicted octanol–water partition coefficient (Wildman–Crippen LogP) is 0.816. The minimum absolute atomic E-state index is 0.0116. The van der Waals surface area contributed by atoms with Crippen molar-refractivity contribution in [1.29, 1.82) is 0 Å². The normalized spacial score (nSPS) is 20.4. The summed E-state index contributed by atoms with van der Waals surface area (Å²) >= 11 is 0. The molecular formula is C13H26N2O3. The number of carbonyl (C=O) groups excluding carboxylic acids is 1. The Hall–Kier alpha value is -0.650. The van der Waals surface area contributed by atoms with Gasteiger partial charge in [0.05, 0.1) is 12.7 Å². The van der Waals surface area contributed by atoms with Gasteiger partial charge in [-0.15, -0.1) is 0 Å². The van der Waals surface area contributed by atoms with E-state index in [2.05, 4.69) is 5.32 Å².